The van der Waals surface area contributed by atoms with Gasteiger partial charge in [-0.2, -0.15) is 5.10 Å². The molecule has 0 bridgehead atoms. The molecule has 1 aliphatic rings. The minimum atomic E-state index is -3.43. The van der Waals surface area contributed by atoms with Crippen LogP contribution in [0.4, 0.5) is 0 Å². The van der Waals surface area contributed by atoms with Crippen LogP contribution in [0.25, 0.3) is 0 Å². The van der Waals surface area contributed by atoms with Gasteiger partial charge < -0.3 is 5.32 Å². The summed E-state index contributed by atoms with van der Waals surface area (Å²) in [6.45, 7) is 7.48. The van der Waals surface area contributed by atoms with Crippen molar-refractivity contribution in [1.82, 2.24) is 19.8 Å². The fraction of sp³-hybridized carbons (Fsp3) is 0.750. The van der Waals surface area contributed by atoms with E-state index in [1.54, 1.807) is 10.9 Å². The molecule has 1 aromatic heterocycles. The Morgan fingerprint density at radius 2 is 2.16 bits per heavy atom. The van der Waals surface area contributed by atoms with Crippen LogP contribution in [0.15, 0.2) is 17.3 Å². The van der Waals surface area contributed by atoms with Crippen molar-refractivity contribution in [2.45, 2.75) is 56.6 Å². The van der Waals surface area contributed by atoms with E-state index in [1.165, 1.54) is 6.20 Å². The Morgan fingerprint density at radius 3 is 2.74 bits per heavy atom. The molecule has 0 unspecified atom stereocenters. The Balaban J connectivity index is 1.96. The van der Waals surface area contributed by atoms with Gasteiger partial charge in [-0.25, -0.2) is 13.1 Å². The smallest absolute Gasteiger partial charge is 0.244 e. The lowest BCUT2D eigenvalue weighted by atomic mass is 10.4. The Kier molecular flexibility index (Phi) is 3.98. The minimum Gasteiger partial charge on any atom is -0.313 e. The first-order chi connectivity index (χ1) is 8.81. The summed E-state index contributed by atoms with van der Waals surface area (Å²) in [6, 6.07) is 0.412. The van der Waals surface area contributed by atoms with Gasteiger partial charge in [0.25, 0.3) is 0 Å². The van der Waals surface area contributed by atoms with E-state index >= 15 is 0 Å². The molecule has 0 amide bonds. The molecule has 1 heterocycles. The monoisotopic (exact) mass is 286 g/mol. The van der Waals surface area contributed by atoms with Crippen molar-refractivity contribution in [3.05, 3.63) is 12.4 Å². The molecule has 0 atom stereocenters. The molecule has 7 heteroatoms. The number of hydrogen-bond acceptors (Lipinski definition) is 4. The predicted octanol–water partition coefficient (Wildman–Crippen LogP) is 0.712. The molecule has 0 aliphatic heterocycles. The standard InChI is InChI=1S/C12H22N4O2S/c1-10(2)13-6-7-16-9-11(8-14-16)19(17,18)15-12(3)4-5-12/h8-10,13,15H,4-7H2,1-3H3. The van der Waals surface area contributed by atoms with Gasteiger partial charge in [0.15, 0.2) is 0 Å². The highest BCUT2D eigenvalue weighted by Crippen LogP contribution is 2.35. The van der Waals surface area contributed by atoms with E-state index in [-0.39, 0.29) is 10.4 Å². The summed E-state index contributed by atoms with van der Waals surface area (Å²) in [4.78, 5) is 0.241. The average Bonchev–Trinajstić information content (AvgIpc) is 2.81. The number of rotatable bonds is 7. The zero-order chi connectivity index (χ0) is 14.1. The van der Waals surface area contributed by atoms with Gasteiger partial charge in [0.2, 0.25) is 10.0 Å². The molecule has 0 aromatic carbocycles. The number of nitrogens with one attached hydrogen (secondary N) is 2. The highest BCUT2D eigenvalue weighted by atomic mass is 32.2. The van der Waals surface area contributed by atoms with E-state index in [2.05, 4.69) is 29.0 Å². The van der Waals surface area contributed by atoms with Gasteiger partial charge in [-0.15, -0.1) is 0 Å². The van der Waals surface area contributed by atoms with Gasteiger partial charge in [0.1, 0.15) is 4.90 Å². The summed E-state index contributed by atoms with van der Waals surface area (Å²) in [5.74, 6) is 0. The number of hydrogen-bond donors (Lipinski definition) is 2. The minimum absolute atomic E-state index is 0.241. The molecule has 0 radical (unpaired) electrons. The number of nitrogens with zero attached hydrogens (tertiary/aromatic N) is 2. The zero-order valence-corrected chi connectivity index (χ0v) is 12.5. The van der Waals surface area contributed by atoms with Gasteiger partial charge >= 0.3 is 0 Å². The van der Waals surface area contributed by atoms with Crippen molar-refractivity contribution in [1.29, 1.82) is 0 Å². The van der Waals surface area contributed by atoms with Gasteiger partial charge in [0.05, 0.1) is 12.7 Å². The Labute approximate surface area is 114 Å². The van der Waals surface area contributed by atoms with Crippen LogP contribution in [0.3, 0.4) is 0 Å². The summed E-state index contributed by atoms with van der Waals surface area (Å²) in [7, 11) is -3.43. The number of aromatic nitrogens is 2. The van der Waals surface area contributed by atoms with Crippen molar-refractivity contribution in [3.8, 4) is 0 Å². The molecular formula is C12H22N4O2S. The van der Waals surface area contributed by atoms with Gasteiger partial charge in [0, 0.05) is 24.3 Å². The van der Waals surface area contributed by atoms with E-state index < -0.39 is 10.0 Å². The lowest BCUT2D eigenvalue weighted by molar-refractivity contribution is 0.514. The third-order valence-corrected chi connectivity index (χ3v) is 4.79. The van der Waals surface area contributed by atoms with Gasteiger partial charge in [-0.1, -0.05) is 13.8 Å². The molecule has 1 aliphatic carbocycles. The van der Waals surface area contributed by atoms with Crippen LogP contribution in [-0.2, 0) is 16.6 Å². The van der Waals surface area contributed by atoms with Crippen LogP contribution in [0.2, 0.25) is 0 Å². The van der Waals surface area contributed by atoms with Crippen LogP contribution >= 0.6 is 0 Å². The maximum Gasteiger partial charge on any atom is 0.244 e. The second-order valence-corrected chi connectivity index (χ2v) is 7.40. The highest BCUT2D eigenvalue weighted by molar-refractivity contribution is 7.89. The summed E-state index contributed by atoms with van der Waals surface area (Å²) in [5, 5.41) is 7.35. The molecule has 2 rings (SSSR count). The molecule has 1 aromatic rings. The molecule has 1 fully saturated rings. The maximum absolute atomic E-state index is 12.1. The summed E-state index contributed by atoms with van der Waals surface area (Å²) in [5.41, 5.74) is -0.250. The lowest BCUT2D eigenvalue weighted by Gasteiger charge is -2.10. The molecule has 0 spiro atoms. The summed E-state index contributed by atoms with van der Waals surface area (Å²) in [6.07, 6.45) is 4.79. The topological polar surface area (TPSA) is 76.0 Å². The van der Waals surface area contributed by atoms with Crippen LogP contribution in [0.5, 0.6) is 0 Å². The number of sulfonamides is 1. The normalized spacial score (nSPS) is 17.9. The quantitative estimate of drug-likeness (QED) is 0.774. The summed E-state index contributed by atoms with van der Waals surface area (Å²) < 4.78 is 28.6. The van der Waals surface area contributed by atoms with Crippen molar-refractivity contribution in [2.75, 3.05) is 6.54 Å². The van der Waals surface area contributed by atoms with Crippen molar-refractivity contribution >= 4 is 10.0 Å². The maximum atomic E-state index is 12.1. The van der Waals surface area contributed by atoms with E-state index in [4.69, 9.17) is 0 Å². The second kappa shape index (κ2) is 5.22. The predicted molar refractivity (Wildman–Crippen MR) is 73.3 cm³/mol. The van der Waals surface area contributed by atoms with Crippen molar-refractivity contribution < 1.29 is 8.42 Å². The van der Waals surface area contributed by atoms with Crippen LogP contribution < -0.4 is 10.0 Å². The molecule has 19 heavy (non-hydrogen) atoms. The lowest BCUT2D eigenvalue weighted by Crippen LogP contribution is -2.34. The molecule has 6 nitrogen and oxygen atoms in total. The van der Waals surface area contributed by atoms with E-state index in [0.29, 0.717) is 12.6 Å². The SMILES string of the molecule is CC(C)NCCn1cc(S(=O)(=O)NC2(C)CC2)cn1. The molecule has 1 saturated carbocycles. The zero-order valence-electron chi connectivity index (χ0n) is 11.7. The molecule has 2 N–H and O–H groups in total. The van der Waals surface area contributed by atoms with Crippen LogP contribution in [-0.4, -0.2) is 36.3 Å². The third kappa shape index (κ3) is 4.02. The molecule has 108 valence electrons. The van der Waals surface area contributed by atoms with Crippen LogP contribution in [0, 0.1) is 0 Å². The fourth-order valence-electron chi connectivity index (χ4n) is 1.75. The Morgan fingerprint density at radius 1 is 1.47 bits per heavy atom. The van der Waals surface area contributed by atoms with Gasteiger partial charge in [-0.3, -0.25) is 4.68 Å². The second-order valence-electron chi connectivity index (χ2n) is 5.71. The first kappa shape index (κ1) is 14.5. The van der Waals surface area contributed by atoms with Crippen LogP contribution in [0.1, 0.15) is 33.6 Å². The Hall–Kier alpha value is -0.920. The molecule has 0 saturated heterocycles. The van der Waals surface area contributed by atoms with Gasteiger partial charge in [-0.05, 0) is 19.8 Å². The third-order valence-electron chi connectivity index (χ3n) is 3.19. The fourth-order valence-corrected chi connectivity index (χ4v) is 3.16. The first-order valence-corrected chi connectivity index (χ1v) is 8.09. The van der Waals surface area contributed by atoms with E-state index in [0.717, 1.165) is 19.4 Å². The molecular weight excluding hydrogens is 264 g/mol. The largest absolute Gasteiger partial charge is 0.313 e. The van der Waals surface area contributed by atoms with Crippen molar-refractivity contribution in [2.24, 2.45) is 0 Å². The van der Waals surface area contributed by atoms with E-state index in [1.807, 2.05) is 6.92 Å². The first-order valence-electron chi connectivity index (χ1n) is 6.61. The van der Waals surface area contributed by atoms with Crippen molar-refractivity contribution in [3.63, 3.8) is 0 Å². The average molecular weight is 286 g/mol. The highest BCUT2D eigenvalue weighted by Gasteiger charge is 2.41. The van der Waals surface area contributed by atoms with E-state index in [9.17, 15) is 8.42 Å². The summed E-state index contributed by atoms with van der Waals surface area (Å²) >= 11 is 0. The Bertz CT molecular complexity index is 532.